The number of esters is 1. The van der Waals surface area contributed by atoms with Gasteiger partial charge in [-0.25, -0.2) is 0 Å². The number of halogens is 2. The van der Waals surface area contributed by atoms with Crippen molar-refractivity contribution in [3.8, 4) is 0 Å². The lowest BCUT2D eigenvalue weighted by Gasteiger charge is -2.43. The number of carbonyl (C=O) groups is 1. The van der Waals surface area contributed by atoms with Crippen molar-refractivity contribution in [2.45, 2.75) is 126 Å². The summed E-state index contributed by atoms with van der Waals surface area (Å²) in [5, 5.41) is 11.2. The molecule has 1 N–H and O–H groups in total. The summed E-state index contributed by atoms with van der Waals surface area (Å²) in [6, 6.07) is 12.0. The summed E-state index contributed by atoms with van der Waals surface area (Å²) < 4.78 is 27.0. The van der Waals surface area contributed by atoms with E-state index in [1.165, 1.54) is 23.6 Å². The van der Waals surface area contributed by atoms with E-state index >= 15 is 0 Å². The second-order valence-corrected chi connectivity index (χ2v) is 13.9. The fourth-order valence-corrected chi connectivity index (χ4v) is 6.74. The molecule has 0 radical (unpaired) electrons. The minimum absolute atomic E-state index is 0.173. The second-order valence-electron chi connectivity index (χ2n) is 13.0. The molecular weight excluding hydrogens is 639 g/mol. The van der Waals surface area contributed by atoms with E-state index in [0.717, 1.165) is 18.4 Å². The van der Waals surface area contributed by atoms with Gasteiger partial charge in [0.05, 0.1) is 12.2 Å². The number of carbonyl (C=O) groups excluding carboxylic acids is 1. The Morgan fingerprint density at radius 3 is 1.43 bits per heavy atom. The van der Waals surface area contributed by atoms with Crippen molar-refractivity contribution in [1.82, 2.24) is 0 Å². The van der Waals surface area contributed by atoms with Crippen molar-refractivity contribution in [1.29, 1.82) is 0 Å². The summed E-state index contributed by atoms with van der Waals surface area (Å²) in [7, 11) is 3.15. The molecule has 2 aliphatic rings. The number of aryl methyl sites for hydroxylation is 4. The lowest BCUT2D eigenvalue weighted by molar-refractivity contribution is -0.266. The highest BCUT2D eigenvalue weighted by molar-refractivity contribution is 6.34. The van der Waals surface area contributed by atoms with E-state index in [4.69, 9.17) is 46.9 Å². The fourth-order valence-electron chi connectivity index (χ4n) is 6.10. The molecule has 10 atom stereocenters. The van der Waals surface area contributed by atoms with E-state index in [1.54, 1.807) is 20.3 Å². The van der Waals surface area contributed by atoms with Crippen molar-refractivity contribution < 1.29 is 33.6 Å². The molecule has 0 amide bonds. The van der Waals surface area contributed by atoms with Crippen LogP contribution in [0.3, 0.4) is 0 Å². The Hall–Kier alpha value is -1.71. The molecule has 2 heterocycles. The first-order valence-corrected chi connectivity index (χ1v) is 17.4. The van der Waals surface area contributed by atoms with Crippen LogP contribution in [0.15, 0.2) is 36.4 Å². The summed E-state index contributed by atoms with van der Waals surface area (Å²) in [5.41, 5.74) is 5.15. The molecule has 0 bridgehead atoms. The van der Waals surface area contributed by atoms with Crippen LogP contribution in [0.25, 0.3) is 0 Å². The van der Waals surface area contributed by atoms with E-state index in [0.29, 0.717) is 21.9 Å². The summed E-state index contributed by atoms with van der Waals surface area (Å²) in [4.78, 5) is 11.0. The molecule has 0 saturated carbocycles. The molecule has 7 nitrogen and oxygen atoms in total. The SMILES string of the molecule is CCC1OC(OC)C(O)C(C)C1C.CCC1OC(OC)C(OC(C)=O)C(C)C1C.Cc1cc(C)cc(C)c1.Cc1cc(Cl)cc(Cl)c1. The molecule has 2 fully saturated rings. The Bertz CT molecular complexity index is 1040. The average Bonchev–Trinajstić information content (AvgIpc) is 2.98. The van der Waals surface area contributed by atoms with Crippen molar-refractivity contribution in [2.24, 2.45) is 23.7 Å². The van der Waals surface area contributed by atoms with Gasteiger partial charge in [-0.1, -0.05) is 99.6 Å². The third-order valence-corrected chi connectivity index (χ3v) is 9.43. The molecule has 47 heavy (non-hydrogen) atoms. The zero-order chi connectivity index (χ0) is 36.0. The minimum Gasteiger partial charge on any atom is -0.457 e. The van der Waals surface area contributed by atoms with Crippen molar-refractivity contribution in [3.05, 3.63) is 68.7 Å². The maximum Gasteiger partial charge on any atom is 0.303 e. The maximum atomic E-state index is 11.0. The van der Waals surface area contributed by atoms with E-state index in [2.05, 4.69) is 73.6 Å². The number of rotatable bonds is 5. The van der Waals surface area contributed by atoms with Crippen LogP contribution in [-0.2, 0) is 28.5 Å². The molecule has 2 saturated heterocycles. The molecule has 0 aliphatic carbocycles. The number of benzene rings is 2. The molecule has 2 aliphatic heterocycles. The van der Waals surface area contributed by atoms with Crippen molar-refractivity contribution >= 4 is 29.2 Å². The Kier molecular flexibility index (Phi) is 19.7. The highest BCUT2D eigenvalue weighted by Crippen LogP contribution is 2.34. The van der Waals surface area contributed by atoms with Gasteiger partial charge in [0.15, 0.2) is 18.7 Å². The molecule has 10 unspecified atom stereocenters. The molecule has 268 valence electrons. The molecule has 2 aromatic rings. The predicted molar refractivity (Wildman–Crippen MR) is 192 cm³/mol. The van der Waals surface area contributed by atoms with Crippen molar-refractivity contribution in [3.63, 3.8) is 0 Å². The highest BCUT2D eigenvalue weighted by Gasteiger charge is 2.43. The van der Waals surface area contributed by atoms with Crippen LogP contribution in [0.5, 0.6) is 0 Å². The number of hydrogen-bond donors (Lipinski definition) is 1. The number of aliphatic hydroxyl groups excluding tert-OH is 1. The summed E-state index contributed by atoms with van der Waals surface area (Å²) >= 11 is 11.3. The molecule has 2 aromatic carbocycles. The lowest BCUT2D eigenvalue weighted by Crippen LogP contribution is -2.51. The van der Waals surface area contributed by atoms with Gasteiger partial charge in [-0.05, 0) is 82.1 Å². The van der Waals surface area contributed by atoms with Gasteiger partial charge < -0.3 is 28.8 Å². The third-order valence-electron chi connectivity index (χ3n) is 9.00. The number of hydrogen-bond acceptors (Lipinski definition) is 7. The zero-order valence-corrected chi connectivity index (χ0v) is 32.3. The number of ether oxygens (including phenoxy) is 5. The second kappa shape index (κ2) is 21.4. The monoisotopic (exact) mass is 698 g/mol. The van der Waals surface area contributed by atoms with Gasteiger partial charge in [-0.15, -0.1) is 0 Å². The Morgan fingerprint density at radius 2 is 1.06 bits per heavy atom. The maximum absolute atomic E-state index is 11.0. The molecule has 9 heteroatoms. The van der Waals surface area contributed by atoms with Crippen LogP contribution in [-0.4, -0.2) is 62.3 Å². The smallest absolute Gasteiger partial charge is 0.303 e. The van der Waals surface area contributed by atoms with Gasteiger partial charge >= 0.3 is 5.97 Å². The average molecular weight is 700 g/mol. The van der Waals surface area contributed by atoms with Crippen LogP contribution in [0, 0.1) is 51.4 Å². The first kappa shape index (κ1) is 43.3. The van der Waals surface area contributed by atoms with Gasteiger partial charge in [-0.2, -0.15) is 0 Å². The Morgan fingerprint density at radius 1 is 0.681 bits per heavy atom. The summed E-state index contributed by atoms with van der Waals surface area (Å²) in [6.45, 7) is 22.3. The largest absolute Gasteiger partial charge is 0.457 e. The third kappa shape index (κ3) is 14.4. The fraction of sp³-hybridized carbons (Fsp3) is 0.658. The standard InChI is InChI=1S/C12H22O4.C10H20O3.C9H12.C7H6Cl2/c1-6-10-7(2)8(3)11(15-9(4)13)12(14-5)16-10;1-5-8-6(2)7(3)9(11)10(12-4)13-8;1-7-4-8(2)6-9(3)5-7;1-5-2-6(8)4-7(9)3-5/h7-8,10-12H,6H2,1-5H3;6-11H,5H2,1-4H3;4-6H,1-3H3;2-4H,1H3. The van der Waals surface area contributed by atoms with Crippen LogP contribution < -0.4 is 0 Å². The van der Waals surface area contributed by atoms with Gasteiger partial charge in [0.25, 0.3) is 0 Å². The normalized spacial score (nSPS) is 30.0. The topological polar surface area (TPSA) is 83.5 Å². The van der Waals surface area contributed by atoms with E-state index < -0.39 is 18.7 Å². The van der Waals surface area contributed by atoms with Gasteiger partial charge in [0, 0.05) is 37.1 Å². The Labute approximate surface area is 294 Å². The molecular formula is C38H60Cl2O7. The zero-order valence-electron chi connectivity index (χ0n) is 30.8. The van der Waals surface area contributed by atoms with Gasteiger partial charge in [-0.3, -0.25) is 4.79 Å². The number of aliphatic hydroxyl groups is 1. The van der Waals surface area contributed by atoms with Crippen LogP contribution >= 0.6 is 23.2 Å². The minimum atomic E-state index is -0.497. The van der Waals surface area contributed by atoms with Gasteiger partial charge in [0.1, 0.15) is 6.10 Å². The lowest BCUT2D eigenvalue weighted by atomic mass is 9.82. The van der Waals surface area contributed by atoms with Crippen LogP contribution in [0.1, 0.15) is 83.6 Å². The molecule has 4 rings (SSSR count). The number of methoxy groups -OCH3 is 2. The van der Waals surface area contributed by atoms with E-state index in [1.807, 2.05) is 26.0 Å². The predicted octanol–water partition coefficient (Wildman–Crippen LogP) is 9.29. The first-order chi connectivity index (χ1) is 22.0. The highest BCUT2D eigenvalue weighted by atomic mass is 35.5. The molecule has 0 spiro atoms. The van der Waals surface area contributed by atoms with Gasteiger partial charge in [0.2, 0.25) is 0 Å². The van der Waals surface area contributed by atoms with Crippen LogP contribution in [0.2, 0.25) is 10.0 Å². The quantitative estimate of drug-likeness (QED) is 0.312. The Balaban J connectivity index is 0.000000322. The van der Waals surface area contributed by atoms with E-state index in [9.17, 15) is 9.90 Å². The summed E-state index contributed by atoms with van der Waals surface area (Å²) in [6.07, 6.45) is 0.602. The molecule has 0 aromatic heterocycles. The van der Waals surface area contributed by atoms with Crippen LogP contribution in [0.4, 0.5) is 0 Å². The first-order valence-electron chi connectivity index (χ1n) is 16.7. The summed E-state index contributed by atoms with van der Waals surface area (Å²) in [5.74, 6) is 0.952. The van der Waals surface area contributed by atoms with E-state index in [-0.39, 0.29) is 36.1 Å². The van der Waals surface area contributed by atoms with Crippen molar-refractivity contribution in [2.75, 3.05) is 14.2 Å².